The van der Waals surface area contributed by atoms with Gasteiger partial charge in [0, 0.05) is 6.54 Å². The van der Waals surface area contributed by atoms with Crippen LogP contribution >= 0.6 is 0 Å². The van der Waals surface area contributed by atoms with Gasteiger partial charge in [-0.2, -0.15) is 0 Å². The maximum Gasteiger partial charge on any atom is 0.310 e. The number of hydrogen-bond acceptors (Lipinski definition) is 3. The summed E-state index contributed by atoms with van der Waals surface area (Å²) in [5, 5.41) is 9.55. The highest BCUT2D eigenvalue weighted by Crippen LogP contribution is 2.57. The third-order valence-electron chi connectivity index (χ3n) is 5.08. The molecule has 0 aliphatic carbocycles. The maximum atomic E-state index is 12.8. The summed E-state index contributed by atoms with van der Waals surface area (Å²) in [4.78, 5) is 26.2. The SMILES string of the molecule is C[C@@]12C=C[C@@]3(CN(Cc4ccccc4)C(=O)[C@@H]3[C@H]1C(=O)O)O2. The Balaban J connectivity index is 1.66. The highest BCUT2D eigenvalue weighted by Gasteiger charge is 2.71. The number of carbonyl (C=O) groups excluding carboxylic acids is 1. The van der Waals surface area contributed by atoms with E-state index in [1.54, 1.807) is 11.8 Å². The molecule has 0 aromatic heterocycles. The van der Waals surface area contributed by atoms with Crippen molar-refractivity contribution in [3.8, 4) is 0 Å². The van der Waals surface area contributed by atoms with Gasteiger partial charge in [-0.25, -0.2) is 0 Å². The number of benzene rings is 1. The zero-order chi connectivity index (χ0) is 15.5. The Hall–Kier alpha value is -2.14. The van der Waals surface area contributed by atoms with Gasteiger partial charge >= 0.3 is 5.97 Å². The van der Waals surface area contributed by atoms with E-state index >= 15 is 0 Å². The van der Waals surface area contributed by atoms with Gasteiger partial charge in [-0.1, -0.05) is 42.5 Å². The summed E-state index contributed by atoms with van der Waals surface area (Å²) in [6.45, 7) is 2.66. The average Bonchev–Trinajstić information content (AvgIpc) is 3.03. The Morgan fingerprint density at radius 2 is 2.09 bits per heavy atom. The molecule has 5 nitrogen and oxygen atoms in total. The van der Waals surface area contributed by atoms with Crippen LogP contribution in [0, 0.1) is 11.8 Å². The van der Waals surface area contributed by atoms with Gasteiger partial charge in [0.25, 0.3) is 0 Å². The van der Waals surface area contributed by atoms with E-state index in [-0.39, 0.29) is 5.91 Å². The second-order valence-electron chi connectivity index (χ2n) is 6.55. The van der Waals surface area contributed by atoms with Crippen LogP contribution in [0.1, 0.15) is 12.5 Å². The molecule has 0 saturated carbocycles. The zero-order valence-electron chi connectivity index (χ0n) is 12.2. The summed E-state index contributed by atoms with van der Waals surface area (Å²) in [6, 6.07) is 9.71. The molecule has 1 aromatic rings. The van der Waals surface area contributed by atoms with Crippen molar-refractivity contribution in [2.24, 2.45) is 11.8 Å². The molecule has 2 bridgehead atoms. The molecule has 2 saturated heterocycles. The van der Waals surface area contributed by atoms with Crippen LogP contribution in [-0.4, -0.2) is 39.6 Å². The van der Waals surface area contributed by atoms with E-state index in [1.807, 2.05) is 42.5 Å². The highest BCUT2D eigenvalue weighted by atomic mass is 16.5. The number of carboxylic acid groups (broad SMARTS) is 1. The number of nitrogens with zero attached hydrogens (tertiary/aromatic N) is 1. The number of fused-ring (bicyclic) bond motifs is 1. The Bertz CT molecular complexity index is 685. The fourth-order valence-corrected chi connectivity index (χ4v) is 4.16. The van der Waals surface area contributed by atoms with Crippen molar-refractivity contribution in [3.05, 3.63) is 48.0 Å². The summed E-state index contributed by atoms with van der Waals surface area (Å²) in [5.74, 6) is -2.52. The smallest absolute Gasteiger partial charge is 0.310 e. The monoisotopic (exact) mass is 299 g/mol. The number of ether oxygens (including phenoxy) is 1. The molecule has 5 heteroatoms. The van der Waals surface area contributed by atoms with Crippen LogP contribution in [0.15, 0.2) is 42.5 Å². The first-order valence-corrected chi connectivity index (χ1v) is 7.41. The van der Waals surface area contributed by atoms with Crippen molar-refractivity contribution >= 4 is 11.9 Å². The fraction of sp³-hybridized carbons (Fsp3) is 0.412. The molecule has 0 unspecified atom stereocenters. The lowest BCUT2D eigenvalue weighted by Gasteiger charge is -2.27. The van der Waals surface area contributed by atoms with E-state index in [1.165, 1.54) is 0 Å². The first-order valence-electron chi connectivity index (χ1n) is 7.41. The molecule has 4 rings (SSSR count). The molecular weight excluding hydrogens is 282 g/mol. The van der Waals surface area contributed by atoms with Crippen LogP contribution < -0.4 is 0 Å². The second-order valence-corrected chi connectivity index (χ2v) is 6.55. The summed E-state index contributed by atoms with van der Waals surface area (Å²) in [5.41, 5.74) is -0.613. The predicted octanol–water partition coefficient (Wildman–Crippen LogP) is 1.44. The van der Waals surface area contributed by atoms with Crippen molar-refractivity contribution in [2.75, 3.05) is 6.54 Å². The number of hydrogen-bond donors (Lipinski definition) is 1. The largest absolute Gasteiger partial charge is 0.481 e. The second kappa shape index (κ2) is 4.20. The lowest BCUT2D eigenvalue weighted by molar-refractivity contribution is -0.151. The van der Waals surface area contributed by atoms with Crippen molar-refractivity contribution < 1.29 is 19.4 Å². The number of likely N-dealkylation sites (tertiary alicyclic amines) is 1. The quantitative estimate of drug-likeness (QED) is 0.858. The Morgan fingerprint density at radius 3 is 2.77 bits per heavy atom. The van der Waals surface area contributed by atoms with Gasteiger partial charge in [-0.15, -0.1) is 0 Å². The zero-order valence-corrected chi connectivity index (χ0v) is 12.2. The molecule has 3 heterocycles. The van der Waals surface area contributed by atoms with E-state index in [4.69, 9.17) is 4.74 Å². The summed E-state index contributed by atoms with van der Waals surface area (Å²) in [6.07, 6.45) is 3.70. The van der Waals surface area contributed by atoms with Gasteiger partial charge in [-0.05, 0) is 12.5 Å². The molecule has 1 amide bonds. The van der Waals surface area contributed by atoms with E-state index in [9.17, 15) is 14.7 Å². The van der Waals surface area contributed by atoms with Crippen molar-refractivity contribution in [3.63, 3.8) is 0 Å². The molecule has 1 aromatic carbocycles. The van der Waals surface area contributed by atoms with Gasteiger partial charge < -0.3 is 14.7 Å². The van der Waals surface area contributed by atoms with Gasteiger partial charge in [0.1, 0.15) is 11.5 Å². The van der Waals surface area contributed by atoms with Crippen LogP contribution in [0.4, 0.5) is 0 Å². The number of rotatable bonds is 3. The normalized spacial score (nSPS) is 38.6. The van der Waals surface area contributed by atoms with Gasteiger partial charge in [0.05, 0.1) is 18.1 Å². The number of carboxylic acids is 1. The lowest BCUT2D eigenvalue weighted by Crippen LogP contribution is -2.43. The molecule has 114 valence electrons. The average molecular weight is 299 g/mol. The minimum atomic E-state index is -0.964. The number of carbonyl (C=O) groups is 2. The van der Waals surface area contributed by atoms with Crippen LogP contribution in [0.2, 0.25) is 0 Å². The van der Waals surface area contributed by atoms with E-state index in [0.717, 1.165) is 5.56 Å². The molecule has 3 aliphatic rings. The third kappa shape index (κ3) is 1.63. The number of aliphatic carboxylic acids is 1. The molecule has 4 atom stereocenters. The van der Waals surface area contributed by atoms with E-state index < -0.39 is 29.0 Å². The van der Waals surface area contributed by atoms with Crippen LogP contribution in [0.5, 0.6) is 0 Å². The van der Waals surface area contributed by atoms with Crippen LogP contribution in [-0.2, 0) is 20.9 Å². The maximum absolute atomic E-state index is 12.8. The topological polar surface area (TPSA) is 66.8 Å². The lowest BCUT2D eigenvalue weighted by atomic mass is 9.72. The first kappa shape index (κ1) is 13.5. The van der Waals surface area contributed by atoms with Crippen molar-refractivity contribution in [1.29, 1.82) is 0 Å². The van der Waals surface area contributed by atoms with Gasteiger partial charge in [-0.3, -0.25) is 9.59 Å². The van der Waals surface area contributed by atoms with Crippen LogP contribution in [0.25, 0.3) is 0 Å². The molecule has 22 heavy (non-hydrogen) atoms. The summed E-state index contributed by atoms with van der Waals surface area (Å²) >= 11 is 0. The number of amides is 1. The molecule has 1 spiro atoms. The Labute approximate surface area is 128 Å². The van der Waals surface area contributed by atoms with Crippen molar-refractivity contribution in [2.45, 2.75) is 24.7 Å². The Morgan fingerprint density at radius 1 is 1.36 bits per heavy atom. The summed E-state index contributed by atoms with van der Waals surface area (Å²) in [7, 11) is 0. The fourth-order valence-electron chi connectivity index (χ4n) is 4.16. The highest BCUT2D eigenvalue weighted by molar-refractivity contribution is 5.91. The minimum Gasteiger partial charge on any atom is -0.481 e. The molecule has 0 radical (unpaired) electrons. The van der Waals surface area contributed by atoms with Gasteiger partial charge in [0.15, 0.2) is 0 Å². The molecular formula is C17H17NO4. The minimum absolute atomic E-state index is 0.121. The standard InChI is InChI=1S/C17H17NO4/c1-16-7-8-17(22-16)10-18(9-11-5-3-2-4-6-11)14(19)12(17)13(16)15(20)21/h2-8,12-13H,9-10H2,1H3,(H,20,21)/t12-,13-,16+,17-/m0/s1. The predicted molar refractivity (Wildman–Crippen MR) is 77.8 cm³/mol. The summed E-state index contributed by atoms with van der Waals surface area (Å²) < 4.78 is 6.03. The van der Waals surface area contributed by atoms with Crippen LogP contribution in [0.3, 0.4) is 0 Å². The molecule has 2 fully saturated rings. The van der Waals surface area contributed by atoms with Crippen molar-refractivity contribution in [1.82, 2.24) is 4.90 Å². The van der Waals surface area contributed by atoms with E-state index in [2.05, 4.69) is 0 Å². The first-order chi connectivity index (χ1) is 10.5. The van der Waals surface area contributed by atoms with Gasteiger partial charge in [0.2, 0.25) is 5.91 Å². The van der Waals surface area contributed by atoms with E-state index in [0.29, 0.717) is 13.1 Å². The molecule has 1 N–H and O–H groups in total. The third-order valence-corrected chi connectivity index (χ3v) is 5.08. The molecule has 3 aliphatic heterocycles. The Kier molecular flexibility index (Phi) is 2.58.